The van der Waals surface area contributed by atoms with Gasteiger partial charge in [-0.25, -0.2) is 0 Å². The van der Waals surface area contributed by atoms with Crippen LogP contribution in [0.2, 0.25) is 4.34 Å². The first-order chi connectivity index (χ1) is 10.6. The van der Waals surface area contributed by atoms with Gasteiger partial charge in [0.15, 0.2) is 0 Å². The first-order valence-corrected chi connectivity index (χ1v) is 8.20. The van der Waals surface area contributed by atoms with Gasteiger partial charge in [0, 0.05) is 23.7 Å². The van der Waals surface area contributed by atoms with E-state index in [4.69, 9.17) is 11.6 Å². The van der Waals surface area contributed by atoms with Gasteiger partial charge in [0.2, 0.25) is 5.91 Å². The van der Waals surface area contributed by atoms with Crippen LogP contribution < -0.4 is 5.32 Å². The van der Waals surface area contributed by atoms with Crippen LogP contribution in [0.3, 0.4) is 0 Å². The molecule has 5 heteroatoms. The van der Waals surface area contributed by atoms with Crippen molar-refractivity contribution in [3.8, 4) is 0 Å². The second-order valence-electron chi connectivity index (χ2n) is 5.08. The lowest BCUT2D eigenvalue weighted by atomic mass is 10.2. The van der Waals surface area contributed by atoms with Crippen molar-refractivity contribution in [2.75, 3.05) is 18.4 Å². The Labute approximate surface area is 140 Å². The van der Waals surface area contributed by atoms with Crippen molar-refractivity contribution in [1.29, 1.82) is 0 Å². The van der Waals surface area contributed by atoms with Crippen molar-refractivity contribution >= 4 is 34.5 Å². The summed E-state index contributed by atoms with van der Waals surface area (Å²) in [6, 6.07) is 11.6. The fourth-order valence-electron chi connectivity index (χ4n) is 2.15. The highest BCUT2D eigenvalue weighted by atomic mass is 35.5. The third-order valence-electron chi connectivity index (χ3n) is 3.06. The molecule has 0 radical (unpaired) electrons. The summed E-state index contributed by atoms with van der Waals surface area (Å²) in [5, 5.41) is 2.93. The third kappa shape index (κ3) is 5.30. The number of hydrogen-bond acceptors (Lipinski definition) is 3. The number of hydrogen-bond donors (Lipinski definition) is 1. The summed E-state index contributed by atoms with van der Waals surface area (Å²) in [5.41, 5.74) is 1.94. The lowest BCUT2D eigenvalue weighted by molar-refractivity contribution is -0.117. The highest BCUT2D eigenvalue weighted by Crippen LogP contribution is 2.22. The minimum Gasteiger partial charge on any atom is -0.325 e. The van der Waals surface area contributed by atoms with E-state index in [1.807, 2.05) is 48.2 Å². The molecule has 1 amide bonds. The lowest BCUT2D eigenvalue weighted by Gasteiger charge is -2.19. The number of anilines is 1. The van der Waals surface area contributed by atoms with Crippen molar-refractivity contribution in [3.05, 3.63) is 63.8 Å². The van der Waals surface area contributed by atoms with Gasteiger partial charge in [-0.05, 0) is 36.8 Å². The first kappa shape index (κ1) is 16.7. The Balaban J connectivity index is 1.94. The highest BCUT2D eigenvalue weighted by Gasteiger charge is 2.11. The molecule has 0 bridgehead atoms. The van der Waals surface area contributed by atoms with Gasteiger partial charge in [-0.1, -0.05) is 29.8 Å². The molecule has 0 atom stereocenters. The number of nitrogens with one attached hydrogen (secondary N) is 1. The van der Waals surface area contributed by atoms with E-state index >= 15 is 0 Å². The van der Waals surface area contributed by atoms with E-state index in [1.54, 1.807) is 6.08 Å². The average Bonchev–Trinajstić information content (AvgIpc) is 2.84. The van der Waals surface area contributed by atoms with E-state index in [0.717, 1.165) is 20.5 Å². The Hall–Kier alpha value is -1.62. The van der Waals surface area contributed by atoms with Crippen LogP contribution in [0.5, 0.6) is 0 Å². The smallest absolute Gasteiger partial charge is 0.238 e. The summed E-state index contributed by atoms with van der Waals surface area (Å²) in [5.74, 6) is -0.0323. The van der Waals surface area contributed by atoms with Crippen molar-refractivity contribution in [3.63, 3.8) is 0 Å². The van der Waals surface area contributed by atoms with Gasteiger partial charge in [-0.15, -0.1) is 17.9 Å². The van der Waals surface area contributed by atoms with Crippen LogP contribution in [0.15, 0.2) is 49.1 Å². The van der Waals surface area contributed by atoms with E-state index in [-0.39, 0.29) is 5.91 Å². The zero-order chi connectivity index (χ0) is 15.9. The number of aryl methyl sites for hydroxylation is 1. The molecule has 2 aromatic rings. The molecule has 0 spiro atoms. The molecule has 2 rings (SSSR count). The summed E-state index contributed by atoms with van der Waals surface area (Å²) < 4.78 is 0.762. The van der Waals surface area contributed by atoms with Crippen LogP contribution in [0, 0.1) is 6.92 Å². The molecule has 116 valence electrons. The predicted molar refractivity (Wildman–Crippen MR) is 94.6 cm³/mol. The standard InChI is InChI=1S/C17H19ClN2OS/c1-3-9-20(11-15-7-8-16(18)22-15)12-17(21)19-14-6-4-5-13(2)10-14/h3-8,10H,1,9,11-12H2,2H3,(H,19,21). The first-order valence-electron chi connectivity index (χ1n) is 7.01. The molecular weight excluding hydrogens is 316 g/mol. The van der Waals surface area contributed by atoms with Gasteiger partial charge in [-0.2, -0.15) is 0 Å². The van der Waals surface area contributed by atoms with Gasteiger partial charge in [0.1, 0.15) is 0 Å². The summed E-state index contributed by atoms with van der Waals surface area (Å²) in [4.78, 5) is 15.4. The quantitative estimate of drug-likeness (QED) is 0.764. The summed E-state index contributed by atoms with van der Waals surface area (Å²) in [7, 11) is 0. The fraction of sp³-hybridized carbons (Fsp3) is 0.235. The summed E-state index contributed by atoms with van der Waals surface area (Å²) in [6.45, 7) is 7.40. The molecule has 0 aliphatic rings. The lowest BCUT2D eigenvalue weighted by Crippen LogP contribution is -2.32. The normalized spacial score (nSPS) is 10.7. The summed E-state index contributed by atoms with van der Waals surface area (Å²) >= 11 is 7.48. The maximum Gasteiger partial charge on any atom is 0.238 e. The van der Waals surface area contributed by atoms with E-state index < -0.39 is 0 Å². The van der Waals surface area contributed by atoms with Crippen LogP contribution in [0.4, 0.5) is 5.69 Å². The molecule has 1 N–H and O–H groups in total. The van der Waals surface area contributed by atoms with E-state index in [0.29, 0.717) is 19.6 Å². The topological polar surface area (TPSA) is 32.3 Å². The second-order valence-corrected chi connectivity index (χ2v) is 6.88. The minimum atomic E-state index is -0.0323. The largest absolute Gasteiger partial charge is 0.325 e. The van der Waals surface area contributed by atoms with Crippen LogP contribution in [-0.2, 0) is 11.3 Å². The van der Waals surface area contributed by atoms with Crippen molar-refractivity contribution in [1.82, 2.24) is 4.90 Å². The average molecular weight is 335 g/mol. The fourth-order valence-corrected chi connectivity index (χ4v) is 3.28. The van der Waals surface area contributed by atoms with Crippen molar-refractivity contribution in [2.24, 2.45) is 0 Å². The Kier molecular flexibility index (Phi) is 6.19. The molecule has 1 aromatic heterocycles. The number of thiophene rings is 1. The van der Waals surface area contributed by atoms with Gasteiger partial charge in [0.25, 0.3) is 0 Å². The van der Waals surface area contributed by atoms with Gasteiger partial charge < -0.3 is 5.32 Å². The maximum atomic E-state index is 12.2. The second kappa shape index (κ2) is 8.13. The predicted octanol–water partition coefficient (Wildman–Crippen LogP) is 4.34. The molecule has 3 nitrogen and oxygen atoms in total. The summed E-state index contributed by atoms with van der Waals surface area (Å²) in [6.07, 6.45) is 1.80. The monoisotopic (exact) mass is 334 g/mol. The number of nitrogens with zero attached hydrogens (tertiary/aromatic N) is 1. The molecule has 0 saturated carbocycles. The van der Waals surface area contributed by atoms with Crippen LogP contribution >= 0.6 is 22.9 Å². The highest BCUT2D eigenvalue weighted by molar-refractivity contribution is 7.16. The van der Waals surface area contributed by atoms with Gasteiger partial charge in [0.05, 0.1) is 10.9 Å². The number of carbonyl (C=O) groups is 1. The van der Waals surface area contributed by atoms with Gasteiger partial charge in [-0.3, -0.25) is 9.69 Å². The molecule has 0 aliphatic carbocycles. The van der Waals surface area contributed by atoms with Crippen LogP contribution in [-0.4, -0.2) is 23.9 Å². The number of benzene rings is 1. The van der Waals surface area contributed by atoms with Gasteiger partial charge >= 0.3 is 0 Å². The van der Waals surface area contributed by atoms with E-state index in [2.05, 4.69) is 11.9 Å². The molecule has 0 unspecified atom stereocenters. The SMILES string of the molecule is C=CCN(CC(=O)Nc1cccc(C)c1)Cc1ccc(Cl)s1. The zero-order valence-electron chi connectivity index (χ0n) is 12.5. The number of amides is 1. The minimum absolute atomic E-state index is 0.0323. The van der Waals surface area contributed by atoms with E-state index in [9.17, 15) is 4.79 Å². The Morgan fingerprint density at radius 2 is 2.23 bits per heavy atom. The molecule has 1 aromatic carbocycles. The van der Waals surface area contributed by atoms with Crippen molar-refractivity contribution < 1.29 is 4.79 Å². The molecule has 1 heterocycles. The van der Waals surface area contributed by atoms with E-state index in [1.165, 1.54) is 11.3 Å². The Morgan fingerprint density at radius 1 is 1.41 bits per heavy atom. The molecule has 22 heavy (non-hydrogen) atoms. The maximum absolute atomic E-state index is 12.2. The molecular formula is C17H19ClN2OS. The van der Waals surface area contributed by atoms with Crippen molar-refractivity contribution in [2.45, 2.75) is 13.5 Å². The third-order valence-corrected chi connectivity index (χ3v) is 4.28. The molecule has 0 fully saturated rings. The zero-order valence-corrected chi connectivity index (χ0v) is 14.1. The van der Waals surface area contributed by atoms with Crippen LogP contribution in [0.1, 0.15) is 10.4 Å². The number of carbonyl (C=O) groups excluding carboxylic acids is 1. The molecule has 0 saturated heterocycles. The molecule has 0 aliphatic heterocycles. The Bertz CT molecular complexity index is 654. The number of rotatable bonds is 7. The van der Waals surface area contributed by atoms with Crippen LogP contribution in [0.25, 0.3) is 0 Å². The number of halogens is 1. The Morgan fingerprint density at radius 3 is 2.86 bits per heavy atom.